The molecule has 0 atom stereocenters. The molecule has 0 aromatic heterocycles. The number of amides is 1. The SMILES string of the molecule is N/C(=N/O)C1(NC(=O)c2ccc(Cl)c(F)c2)CCCCC1. The molecule has 4 N–H and O–H groups in total. The fourth-order valence-corrected chi connectivity index (χ4v) is 2.74. The third-order valence-corrected chi connectivity index (χ3v) is 4.15. The molecule has 1 aromatic carbocycles. The van der Waals surface area contributed by atoms with E-state index < -0.39 is 17.3 Å². The third kappa shape index (κ3) is 3.26. The Bertz CT molecular complexity index is 571. The van der Waals surface area contributed by atoms with Crippen LogP contribution in [0.5, 0.6) is 0 Å². The molecule has 114 valence electrons. The first-order chi connectivity index (χ1) is 9.98. The largest absolute Gasteiger partial charge is 0.409 e. The van der Waals surface area contributed by atoms with E-state index in [0.29, 0.717) is 12.8 Å². The lowest BCUT2D eigenvalue weighted by Crippen LogP contribution is -2.58. The van der Waals surface area contributed by atoms with Crippen molar-refractivity contribution in [3.05, 3.63) is 34.6 Å². The number of benzene rings is 1. The van der Waals surface area contributed by atoms with E-state index in [1.54, 1.807) is 0 Å². The van der Waals surface area contributed by atoms with Gasteiger partial charge in [0.15, 0.2) is 5.84 Å². The number of nitrogens with one attached hydrogen (secondary N) is 1. The van der Waals surface area contributed by atoms with Gasteiger partial charge in [-0.25, -0.2) is 4.39 Å². The lowest BCUT2D eigenvalue weighted by atomic mass is 9.80. The van der Waals surface area contributed by atoms with Crippen LogP contribution in [0, 0.1) is 5.82 Å². The Morgan fingerprint density at radius 1 is 1.38 bits per heavy atom. The molecule has 0 aliphatic heterocycles. The van der Waals surface area contributed by atoms with Crippen molar-refractivity contribution in [3.8, 4) is 0 Å². The van der Waals surface area contributed by atoms with Gasteiger partial charge in [-0.1, -0.05) is 36.0 Å². The maximum absolute atomic E-state index is 13.4. The van der Waals surface area contributed by atoms with E-state index in [-0.39, 0.29) is 16.4 Å². The Kier molecular flexibility index (Phi) is 4.67. The topological polar surface area (TPSA) is 87.7 Å². The number of nitrogens with zero attached hydrogens (tertiary/aromatic N) is 1. The number of carbonyl (C=O) groups is 1. The van der Waals surface area contributed by atoms with E-state index in [1.165, 1.54) is 12.1 Å². The van der Waals surface area contributed by atoms with E-state index in [0.717, 1.165) is 25.3 Å². The molecule has 0 saturated heterocycles. The molecule has 0 unspecified atom stereocenters. The van der Waals surface area contributed by atoms with Crippen molar-refractivity contribution in [1.82, 2.24) is 5.32 Å². The smallest absolute Gasteiger partial charge is 0.252 e. The Morgan fingerprint density at radius 3 is 2.62 bits per heavy atom. The van der Waals surface area contributed by atoms with Gasteiger partial charge in [-0.15, -0.1) is 0 Å². The molecule has 1 aliphatic rings. The second kappa shape index (κ2) is 6.30. The summed E-state index contributed by atoms with van der Waals surface area (Å²) in [6.45, 7) is 0. The number of amidine groups is 1. The van der Waals surface area contributed by atoms with Crippen LogP contribution in [0.4, 0.5) is 4.39 Å². The summed E-state index contributed by atoms with van der Waals surface area (Å²) < 4.78 is 13.4. The quantitative estimate of drug-likeness (QED) is 0.347. The first-order valence-electron chi connectivity index (χ1n) is 6.74. The first-order valence-corrected chi connectivity index (χ1v) is 7.12. The molecular weight excluding hydrogens is 297 g/mol. The summed E-state index contributed by atoms with van der Waals surface area (Å²) in [4.78, 5) is 12.3. The van der Waals surface area contributed by atoms with Crippen LogP contribution in [0.2, 0.25) is 5.02 Å². The summed E-state index contributed by atoms with van der Waals surface area (Å²) in [5.41, 5.74) is 5.02. The standard InChI is InChI=1S/C14H17ClFN3O2/c15-10-5-4-9(8-11(10)16)12(20)18-14(13(17)19-21)6-2-1-3-7-14/h4-5,8,21H,1-3,6-7H2,(H2,17,19)(H,18,20). The van der Waals surface area contributed by atoms with Crippen LogP contribution >= 0.6 is 11.6 Å². The van der Waals surface area contributed by atoms with Crippen molar-refractivity contribution < 1.29 is 14.4 Å². The second-order valence-corrected chi connectivity index (χ2v) is 5.62. The van der Waals surface area contributed by atoms with E-state index in [9.17, 15) is 9.18 Å². The molecule has 1 fully saturated rings. The first kappa shape index (κ1) is 15.6. The predicted octanol–water partition coefficient (Wildman–Crippen LogP) is 2.66. The minimum Gasteiger partial charge on any atom is -0.409 e. The van der Waals surface area contributed by atoms with Gasteiger partial charge in [0.1, 0.15) is 11.4 Å². The molecule has 1 amide bonds. The van der Waals surface area contributed by atoms with Crippen molar-refractivity contribution in [2.75, 3.05) is 0 Å². The van der Waals surface area contributed by atoms with Gasteiger partial charge in [-0.2, -0.15) is 0 Å². The summed E-state index contributed by atoms with van der Waals surface area (Å²) in [7, 11) is 0. The van der Waals surface area contributed by atoms with Gasteiger partial charge in [-0.05, 0) is 31.0 Å². The molecule has 0 spiro atoms. The van der Waals surface area contributed by atoms with Crippen molar-refractivity contribution in [2.24, 2.45) is 10.9 Å². The molecule has 1 aliphatic carbocycles. The average molecular weight is 314 g/mol. The van der Waals surface area contributed by atoms with Crippen LogP contribution in [0.1, 0.15) is 42.5 Å². The highest BCUT2D eigenvalue weighted by molar-refractivity contribution is 6.30. The van der Waals surface area contributed by atoms with Crippen molar-refractivity contribution in [3.63, 3.8) is 0 Å². The number of hydrogen-bond donors (Lipinski definition) is 3. The Balaban J connectivity index is 2.23. The Morgan fingerprint density at radius 2 is 2.05 bits per heavy atom. The van der Waals surface area contributed by atoms with Gasteiger partial charge in [0.05, 0.1) is 5.02 Å². The van der Waals surface area contributed by atoms with Gasteiger partial charge >= 0.3 is 0 Å². The summed E-state index contributed by atoms with van der Waals surface area (Å²) in [6.07, 6.45) is 3.94. The number of halogens is 2. The van der Waals surface area contributed by atoms with Gasteiger partial charge in [0.25, 0.3) is 5.91 Å². The zero-order valence-corrected chi connectivity index (χ0v) is 12.2. The molecule has 0 radical (unpaired) electrons. The average Bonchev–Trinajstić information content (AvgIpc) is 2.50. The van der Waals surface area contributed by atoms with E-state index in [4.69, 9.17) is 22.5 Å². The maximum atomic E-state index is 13.4. The van der Waals surface area contributed by atoms with Crippen LogP contribution in [-0.2, 0) is 0 Å². The van der Waals surface area contributed by atoms with Crippen molar-refractivity contribution in [2.45, 2.75) is 37.6 Å². The molecule has 0 heterocycles. The zero-order valence-electron chi connectivity index (χ0n) is 11.4. The molecule has 7 heteroatoms. The predicted molar refractivity (Wildman–Crippen MR) is 78.1 cm³/mol. The molecule has 5 nitrogen and oxygen atoms in total. The fraction of sp³-hybridized carbons (Fsp3) is 0.429. The van der Waals surface area contributed by atoms with Crippen LogP contribution in [0.3, 0.4) is 0 Å². The van der Waals surface area contributed by atoms with E-state index in [2.05, 4.69) is 10.5 Å². The molecule has 1 saturated carbocycles. The molecule has 0 bridgehead atoms. The number of carbonyl (C=O) groups excluding carboxylic acids is 1. The normalized spacial score (nSPS) is 18.3. The third-order valence-electron chi connectivity index (χ3n) is 3.84. The van der Waals surface area contributed by atoms with Crippen molar-refractivity contribution in [1.29, 1.82) is 0 Å². The second-order valence-electron chi connectivity index (χ2n) is 5.21. The van der Waals surface area contributed by atoms with Crippen LogP contribution in [0.15, 0.2) is 23.4 Å². The molecule has 21 heavy (non-hydrogen) atoms. The van der Waals surface area contributed by atoms with Gasteiger partial charge in [0.2, 0.25) is 0 Å². The molecule has 2 rings (SSSR count). The number of nitrogens with two attached hydrogens (primary N) is 1. The van der Waals surface area contributed by atoms with Crippen LogP contribution in [-0.4, -0.2) is 22.5 Å². The summed E-state index contributed by atoms with van der Waals surface area (Å²) in [5, 5.41) is 14.7. The summed E-state index contributed by atoms with van der Waals surface area (Å²) >= 11 is 5.60. The number of rotatable bonds is 3. The molecular formula is C14H17ClFN3O2. The monoisotopic (exact) mass is 313 g/mol. The lowest BCUT2D eigenvalue weighted by molar-refractivity contribution is 0.0905. The van der Waals surface area contributed by atoms with Crippen LogP contribution in [0.25, 0.3) is 0 Å². The zero-order chi connectivity index (χ0) is 15.5. The van der Waals surface area contributed by atoms with E-state index >= 15 is 0 Å². The maximum Gasteiger partial charge on any atom is 0.252 e. The van der Waals surface area contributed by atoms with Gasteiger partial charge < -0.3 is 16.3 Å². The molecule has 1 aromatic rings. The number of oxime groups is 1. The van der Waals surface area contributed by atoms with Gasteiger partial charge in [-0.3, -0.25) is 4.79 Å². The highest BCUT2D eigenvalue weighted by atomic mass is 35.5. The van der Waals surface area contributed by atoms with Crippen molar-refractivity contribution >= 4 is 23.3 Å². The van der Waals surface area contributed by atoms with Crippen LogP contribution < -0.4 is 11.1 Å². The Labute approximate surface area is 127 Å². The van der Waals surface area contributed by atoms with E-state index in [1.807, 2.05) is 0 Å². The number of hydrogen-bond acceptors (Lipinski definition) is 3. The van der Waals surface area contributed by atoms with Gasteiger partial charge in [0, 0.05) is 5.56 Å². The minimum atomic E-state index is -0.875. The highest BCUT2D eigenvalue weighted by Gasteiger charge is 2.38. The summed E-state index contributed by atoms with van der Waals surface area (Å²) in [5.74, 6) is -1.16. The highest BCUT2D eigenvalue weighted by Crippen LogP contribution is 2.29. The fourth-order valence-electron chi connectivity index (χ4n) is 2.62. The Hall–Kier alpha value is -1.82. The lowest BCUT2D eigenvalue weighted by Gasteiger charge is -2.36. The summed E-state index contributed by atoms with van der Waals surface area (Å²) in [6, 6.07) is 3.83. The minimum absolute atomic E-state index is 0.0232.